The molecule has 0 fully saturated rings. The van der Waals surface area contributed by atoms with E-state index < -0.39 is 10.0 Å². The molecule has 2 heterocycles. The van der Waals surface area contributed by atoms with E-state index in [1.807, 2.05) is 19.9 Å². The average Bonchev–Trinajstić information content (AvgIpc) is 3.04. The molecule has 0 spiro atoms. The van der Waals surface area contributed by atoms with Gasteiger partial charge in [0.2, 0.25) is 20.1 Å². The maximum Gasteiger partial charge on any atom is 0.275 e. The molecule has 138 valence electrons. The molecule has 0 aliphatic rings. The van der Waals surface area contributed by atoms with Crippen LogP contribution in [0.15, 0.2) is 40.0 Å². The lowest BCUT2D eigenvalue weighted by Gasteiger charge is -2.14. The molecule has 2 N–H and O–H groups in total. The Morgan fingerprint density at radius 2 is 2.08 bits per heavy atom. The molecule has 0 amide bonds. The molecule has 8 nitrogen and oxygen atoms in total. The van der Waals surface area contributed by atoms with E-state index >= 15 is 0 Å². The van der Waals surface area contributed by atoms with Crippen LogP contribution in [-0.2, 0) is 16.4 Å². The van der Waals surface area contributed by atoms with Gasteiger partial charge in [0.15, 0.2) is 0 Å². The first-order valence-corrected chi connectivity index (χ1v) is 10.3. The van der Waals surface area contributed by atoms with Gasteiger partial charge in [0, 0.05) is 11.8 Å². The van der Waals surface area contributed by atoms with Crippen LogP contribution in [0.2, 0.25) is 0 Å². The van der Waals surface area contributed by atoms with Gasteiger partial charge in [-0.2, -0.15) is 4.52 Å². The first-order chi connectivity index (χ1) is 12.3. The standard InChI is InChI=1S/C16H19N5O3S2/c1-4-12-9-14(22)21-16(19-12)25-15(20-21)18-10(2)11-6-5-7-13(8-11)26(23,24)17-3/h5-10,17H,4H2,1-3H3,(H,18,20). The molecule has 0 aliphatic heterocycles. The smallest absolute Gasteiger partial charge is 0.275 e. The van der Waals surface area contributed by atoms with E-state index in [9.17, 15) is 13.2 Å². The third kappa shape index (κ3) is 3.62. The van der Waals surface area contributed by atoms with Gasteiger partial charge in [0.05, 0.1) is 10.9 Å². The molecule has 10 heteroatoms. The van der Waals surface area contributed by atoms with E-state index in [1.165, 1.54) is 35.0 Å². The Morgan fingerprint density at radius 1 is 1.31 bits per heavy atom. The third-order valence-electron chi connectivity index (χ3n) is 3.94. The SMILES string of the molecule is CCc1cc(=O)n2nc(NC(C)c3cccc(S(=O)(=O)NC)c3)sc2n1. The minimum absolute atomic E-state index is 0.195. The van der Waals surface area contributed by atoms with E-state index in [0.29, 0.717) is 16.5 Å². The minimum Gasteiger partial charge on any atom is -0.354 e. The van der Waals surface area contributed by atoms with Crippen LogP contribution in [0.1, 0.15) is 31.1 Å². The molecule has 0 saturated heterocycles. The van der Waals surface area contributed by atoms with Crippen molar-refractivity contribution in [1.82, 2.24) is 19.3 Å². The van der Waals surface area contributed by atoms with Crippen molar-refractivity contribution < 1.29 is 8.42 Å². The molecule has 26 heavy (non-hydrogen) atoms. The largest absolute Gasteiger partial charge is 0.354 e. The molecule has 1 atom stereocenters. The van der Waals surface area contributed by atoms with E-state index in [0.717, 1.165) is 11.3 Å². The van der Waals surface area contributed by atoms with Crippen molar-refractivity contribution in [1.29, 1.82) is 0 Å². The fourth-order valence-corrected chi connectivity index (χ4v) is 4.13. The number of hydrogen-bond donors (Lipinski definition) is 2. The summed E-state index contributed by atoms with van der Waals surface area (Å²) in [5.74, 6) is 0. The van der Waals surface area contributed by atoms with Crippen LogP contribution in [0, 0.1) is 0 Å². The van der Waals surface area contributed by atoms with Crippen molar-refractivity contribution in [2.75, 3.05) is 12.4 Å². The van der Waals surface area contributed by atoms with Gasteiger partial charge >= 0.3 is 0 Å². The minimum atomic E-state index is -3.51. The summed E-state index contributed by atoms with van der Waals surface area (Å²) in [7, 11) is -2.13. The summed E-state index contributed by atoms with van der Waals surface area (Å²) in [6.45, 7) is 3.83. The molecule has 0 radical (unpaired) electrons. The Balaban J connectivity index is 1.90. The van der Waals surface area contributed by atoms with Crippen molar-refractivity contribution in [3.63, 3.8) is 0 Å². The van der Waals surface area contributed by atoms with Crippen LogP contribution in [0.3, 0.4) is 0 Å². The van der Waals surface area contributed by atoms with Crippen molar-refractivity contribution in [3.8, 4) is 0 Å². The van der Waals surface area contributed by atoms with Gasteiger partial charge in [-0.25, -0.2) is 18.1 Å². The molecule has 2 aromatic heterocycles. The second-order valence-corrected chi connectivity index (χ2v) is 8.53. The second kappa shape index (κ2) is 7.14. The zero-order valence-corrected chi connectivity index (χ0v) is 16.2. The number of benzene rings is 1. The van der Waals surface area contributed by atoms with Crippen LogP contribution >= 0.6 is 11.3 Å². The highest BCUT2D eigenvalue weighted by Gasteiger charge is 2.15. The summed E-state index contributed by atoms with van der Waals surface area (Å²) in [6.07, 6.45) is 0.676. The van der Waals surface area contributed by atoms with E-state index in [1.54, 1.807) is 12.1 Å². The average molecular weight is 393 g/mol. The molecule has 3 rings (SSSR count). The Hall–Kier alpha value is -2.30. The predicted octanol–water partition coefficient (Wildman–Crippen LogP) is 1.79. The van der Waals surface area contributed by atoms with Gasteiger partial charge in [-0.3, -0.25) is 4.79 Å². The lowest BCUT2D eigenvalue weighted by Crippen LogP contribution is -2.19. The van der Waals surface area contributed by atoms with E-state index in [2.05, 4.69) is 20.1 Å². The van der Waals surface area contributed by atoms with Crippen LogP contribution in [-0.4, -0.2) is 30.1 Å². The number of nitrogens with one attached hydrogen (secondary N) is 2. The van der Waals surface area contributed by atoms with Crippen LogP contribution in [0.4, 0.5) is 5.13 Å². The monoisotopic (exact) mass is 393 g/mol. The zero-order chi connectivity index (χ0) is 18.9. The molecule has 1 unspecified atom stereocenters. The summed E-state index contributed by atoms with van der Waals surface area (Å²) < 4.78 is 27.5. The fourth-order valence-electron chi connectivity index (χ4n) is 2.43. The predicted molar refractivity (Wildman–Crippen MR) is 101 cm³/mol. The lowest BCUT2D eigenvalue weighted by molar-refractivity contribution is 0.588. The summed E-state index contributed by atoms with van der Waals surface area (Å²) in [5, 5.41) is 8.00. The first-order valence-electron chi connectivity index (χ1n) is 8.04. The van der Waals surface area contributed by atoms with Crippen molar-refractivity contribution in [3.05, 3.63) is 51.9 Å². The maximum absolute atomic E-state index is 12.1. The van der Waals surface area contributed by atoms with Crippen molar-refractivity contribution in [2.45, 2.75) is 31.2 Å². The van der Waals surface area contributed by atoms with Crippen LogP contribution in [0.25, 0.3) is 4.96 Å². The zero-order valence-electron chi connectivity index (χ0n) is 14.6. The normalized spacial score (nSPS) is 13.0. The summed E-state index contributed by atoms with van der Waals surface area (Å²) in [5.41, 5.74) is 1.30. The molecule has 0 aliphatic carbocycles. The number of aryl methyl sites for hydroxylation is 1. The van der Waals surface area contributed by atoms with Crippen LogP contribution in [0.5, 0.6) is 0 Å². The molecular formula is C16H19N5O3S2. The highest BCUT2D eigenvalue weighted by Crippen LogP contribution is 2.24. The Bertz CT molecular complexity index is 1100. The number of hydrogen-bond acceptors (Lipinski definition) is 7. The number of fused-ring (bicyclic) bond motifs is 1. The first kappa shape index (κ1) is 18.5. The summed E-state index contributed by atoms with van der Waals surface area (Å²) in [6, 6.07) is 7.94. The summed E-state index contributed by atoms with van der Waals surface area (Å²) in [4.78, 5) is 17.2. The molecule has 0 bridgehead atoms. The number of rotatable bonds is 6. The number of nitrogens with zero attached hydrogens (tertiary/aromatic N) is 3. The van der Waals surface area contributed by atoms with Gasteiger partial charge in [-0.1, -0.05) is 30.4 Å². The second-order valence-electron chi connectivity index (χ2n) is 5.69. The number of sulfonamides is 1. The van der Waals surface area contributed by atoms with Gasteiger partial charge in [-0.15, -0.1) is 5.10 Å². The summed E-state index contributed by atoms with van der Waals surface area (Å²) >= 11 is 1.28. The maximum atomic E-state index is 12.1. The van der Waals surface area contributed by atoms with Gasteiger partial charge in [0.25, 0.3) is 5.56 Å². The van der Waals surface area contributed by atoms with Gasteiger partial charge < -0.3 is 5.32 Å². The van der Waals surface area contributed by atoms with Gasteiger partial charge in [-0.05, 0) is 38.1 Å². The lowest BCUT2D eigenvalue weighted by atomic mass is 10.1. The fraction of sp³-hybridized carbons (Fsp3) is 0.312. The molecule has 0 saturated carbocycles. The van der Waals surface area contributed by atoms with Gasteiger partial charge in [0.1, 0.15) is 0 Å². The Morgan fingerprint density at radius 3 is 2.77 bits per heavy atom. The number of anilines is 1. The van der Waals surface area contributed by atoms with Crippen LogP contribution < -0.4 is 15.6 Å². The van der Waals surface area contributed by atoms with Crippen molar-refractivity contribution >= 4 is 31.5 Å². The molecular weight excluding hydrogens is 374 g/mol. The molecule has 3 aromatic rings. The molecule has 1 aromatic carbocycles. The van der Waals surface area contributed by atoms with Crippen molar-refractivity contribution in [2.24, 2.45) is 0 Å². The highest BCUT2D eigenvalue weighted by molar-refractivity contribution is 7.89. The highest BCUT2D eigenvalue weighted by atomic mass is 32.2. The quantitative estimate of drug-likeness (QED) is 0.661. The third-order valence-corrected chi connectivity index (χ3v) is 6.19. The van der Waals surface area contributed by atoms with E-state index in [4.69, 9.17) is 0 Å². The Labute approximate surface area is 155 Å². The van der Waals surface area contributed by atoms with E-state index in [-0.39, 0.29) is 16.5 Å². The Kier molecular flexibility index (Phi) is 5.08. The number of aromatic nitrogens is 3. The topological polar surface area (TPSA) is 105 Å².